The van der Waals surface area contributed by atoms with Crippen LogP contribution in [0.5, 0.6) is 0 Å². The second-order valence-corrected chi connectivity index (χ2v) is 8.63. The Morgan fingerprint density at radius 2 is 1.66 bits per heavy atom. The molecule has 2 saturated heterocycles. The molecule has 6 heteroatoms. The van der Waals surface area contributed by atoms with Crippen LogP contribution in [0.25, 0.3) is 0 Å². The van der Waals surface area contributed by atoms with E-state index in [-0.39, 0.29) is 24.2 Å². The lowest BCUT2D eigenvalue weighted by molar-refractivity contribution is -0.138. The van der Waals surface area contributed by atoms with Gasteiger partial charge in [-0.1, -0.05) is 46.3 Å². The van der Waals surface area contributed by atoms with Crippen molar-refractivity contribution in [3.05, 3.63) is 64.6 Å². The van der Waals surface area contributed by atoms with Crippen molar-refractivity contribution >= 4 is 33.4 Å². The first-order chi connectivity index (χ1) is 14.1. The predicted octanol–water partition coefficient (Wildman–Crippen LogP) is 3.50. The normalized spacial score (nSPS) is 20.5. The van der Waals surface area contributed by atoms with E-state index in [2.05, 4.69) is 50.0 Å². The van der Waals surface area contributed by atoms with Crippen molar-refractivity contribution in [1.82, 2.24) is 9.80 Å². The number of halogens is 1. The van der Waals surface area contributed by atoms with Crippen LogP contribution in [0.1, 0.15) is 24.3 Å². The largest absolute Gasteiger partial charge is 0.369 e. The van der Waals surface area contributed by atoms with Gasteiger partial charge < -0.3 is 4.90 Å². The van der Waals surface area contributed by atoms with Crippen molar-refractivity contribution in [3.63, 3.8) is 0 Å². The predicted molar refractivity (Wildman–Crippen MR) is 118 cm³/mol. The minimum Gasteiger partial charge on any atom is -0.369 e. The molecule has 2 heterocycles. The van der Waals surface area contributed by atoms with E-state index in [0.29, 0.717) is 6.54 Å². The summed E-state index contributed by atoms with van der Waals surface area (Å²) in [7, 11) is 0. The lowest BCUT2D eigenvalue weighted by atomic mass is 9.98. The van der Waals surface area contributed by atoms with Gasteiger partial charge in [-0.05, 0) is 42.8 Å². The van der Waals surface area contributed by atoms with E-state index in [0.717, 1.165) is 49.2 Å². The Bertz CT molecular complexity index is 865. The number of benzene rings is 2. The molecule has 2 aliphatic heterocycles. The van der Waals surface area contributed by atoms with Crippen molar-refractivity contribution in [1.29, 1.82) is 0 Å². The number of likely N-dealkylation sites (tertiary alicyclic amines) is 1. The summed E-state index contributed by atoms with van der Waals surface area (Å²) < 4.78 is 0.934. The number of hydrogen-bond acceptors (Lipinski definition) is 4. The number of anilines is 1. The quantitative estimate of drug-likeness (QED) is 0.625. The fraction of sp³-hybridized carbons (Fsp3) is 0.391. The molecule has 0 N–H and O–H groups in total. The first-order valence-corrected chi connectivity index (χ1v) is 11.0. The van der Waals surface area contributed by atoms with Crippen LogP contribution in [0.15, 0.2) is 59.1 Å². The number of para-hydroxylation sites is 1. The van der Waals surface area contributed by atoms with Gasteiger partial charge in [-0.25, -0.2) is 0 Å². The van der Waals surface area contributed by atoms with Gasteiger partial charge in [0.1, 0.15) is 0 Å². The molecule has 0 bridgehead atoms. The molecule has 0 radical (unpaired) electrons. The van der Waals surface area contributed by atoms with Crippen LogP contribution in [0.3, 0.4) is 0 Å². The lowest BCUT2D eigenvalue weighted by Crippen LogP contribution is -2.47. The molecule has 2 aliphatic rings. The molecular weight excluding hydrogens is 430 g/mol. The second kappa shape index (κ2) is 9.09. The fourth-order valence-electron chi connectivity index (χ4n) is 4.22. The Kier molecular flexibility index (Phi) is 6.31. The van der Waals surface area contributed by atoms with Crippen LogP contribution in [0.4, 0.5) is 5.69 Å². The van der Waals surface area contributed by atoms with Crippen LogP contribution in [0.2, 0.25) is 0 Å². The third kappa shape index (κ3) is 4.70. The minimum absolute atomic E-state index is 0.0473. The Balaban J connectivity index is 1.25. The molecule has 1 atom stereocenters. The van der Waals surface area contributed by atoms with E-state index < -0.39 is 0 Å². The maximum Gasteiger partial charge on any atom is 0.237 e. The van der Waals surface area contributed by atoms with Crippen LogP contribution in [-0.4, -0.2) is 60.9 Å². The number of piperazine rings is 1. The molecule has 1 unspecified atom stereocenters. The third-order valence-electron chi connectivity index (χ3n) is 5.84. The van der Waals surface area contributed by atoms with Gasteiger partial charge in [-0.3, -0.25) is 19.4 Å². The van der Waals surface area contributed by atoms with E-state index in [1.807, 2.05) is 30.3 Å². The molecule has 0 spiro atoms. The maximum absolute atomic E-state index is 12.8. The van der Waals surface area contributed by atoms with Gasteiger partial charge in [-0.2, -0.15) is 0 Å². The summed E-state index contributed by atoms with van der Waals surface area (Å²) in [5.74, 6) is -0.440. The number of hydrogen-bond donors (Lipinski definition) is 0. The molecular formula is C23H26BrN3O2. The van der Waals surface area contributed by atoms with Crippen molar-refractivity contribution in [2.45, 2.75) is 18.8 Å². The van der Waals surface area contributed by atoms with Crippen LogP contribution in [0, 0.1) is 0 Å². The Morgan fingerprint density at radius 3 is 2.38 bits per heavy atom. The zero-order valence-corrected chi connectivity index (χ0v) is 18.1. The molecule has 2 amide bonds. The van der Waals surface area contributed by atoms with E-state index in [1.54, 1.807) is 0 Å². The first-order valence-electron chi connectivity index (χ1n) is 10.2. The molecule has 2 aromatic carbocycles. The number of imide groups is 1. The smallest absolute Gasteiger partial charge is 0.237 e. The topological polar surface area (TPSA) is 43.9 Å². The van der Waals surface area contributed by atoms with Crippen molar-refractivity contribution < 1.29 is 9.59 Å². The summed E-state index contributed by atoms with van der Waals surface area (Å²) >= 11 is 3.45. The zero-order chi connectivity index (χ0) is 20.2. The van der Waals surface area contributed by atoms with Crippen LogP contribution < -0.4 is 4.90 Å². The maximum atomic E-state index is 12.8. The van der Waals surface area contributed by atoms with E-state index in [4.69, 9.17) is 0 Å². The summed E-state index contributed by atoms with van der Waals surface area (Å²) in [6.07, 6.45) is 1.11. The van der Waals surface area contributed by atoms with Gasteiger partial charge in [0, 0.05) is 49.3 Å². The summed E-state index contributed by atoms with van der Waals surface area (Å²) in [5.41, 5.74) is 2.19. The van der Waals surface area contributed by atoms with Gasteiger partial charge in [0.05, 0.1) is 5.92 Å². The van der Waals surface area contributed by atoms with Gasteiger partial charge in [0.15, 0.2) is 0 Å². The van der Waals surface area contributed by atoms with Crippen molar-refractivity contribution in [2.75, 3.05) is 44.2 Å². The Hall–Kier alpha value is -2.18. The van der Waals surface area contributed by atoms with Gasteiger partial charge in [0.2, 0.25) is 11.8 Å². The molecule has 5 nitrogen and oxygen atoms in total. The molecule has 2 aromatic rings. The summed E-state index contributed by atoms with van der Waals surface area (Å²) in [6.45, 7) is 5.48. The van der Waals surface area contributed by atoms with E-state index in [1.165, 1.54) is 10.6 Å². The average molecular weight is 456 g/mol. The Morgan fingerprint density at radius 1 is 0.897 bits per heavy atom. The number of amides is 2. The molecule has 2 fully saturated rings. The highest BCUT2D eigenvalue weighted by atomic mass is 79.9. The molecule has 4 rings (SSSR count). The van der Waals surface area contributed by atoms with Gasteiger partial charge >= 0.3 is 0 Å². The standard InChI is InChI=1S/C23H26BrN3O2/c24-19-7-4-6-18(16-19)21-17-22(28)27(23(21)29)11-5-10-25-12-14-26(15-13-25)20-8-2-1-3-9-20/h1-4,6-9,16,21H,5,10-15,17H2. The van der Waals surface area contributed by atoms with E-state index in [9.17, 15) is 9.59 Å². The van der Waals surface area contributed by atoms with Crippen molar-refractivity contribution in [3.8, 4) is 0 Å². The highest BCUT2D eigenvalue weighted by Gasteiger charge is 2.39. The minimum atomic E-state index is -0.339. The summed E-state index contributed by atoms with van der Waals surface area (Å²) in [4.78, 5) is 31.5. The fourth-order valence-corrected chi connectivity index (χ4v) is 4.64. The lowest BCUT2D eigenvalue weighted by Gasteiger charge is -2.36. The highest BCUT2D eigenvalue weighted by Crippen LogP contribution is 2.31. The molecule has 0 saturated carbocycles. The van der Waals surface area contributed by atoms with Gasteiger partial charge in [-0.15, -0.1) is 0 Å². The van der Waals surface area contributed by atoms with Crippen LogP contribution >= 0.6 is 15.9 Å². The average Bonchev–Trinajstić information content (AvgIpc) is 3.03. The zero-order valence-electron chi connectivity index (χ0n) is 16.5. The molecule has 152 valence electrons. The first kappa shape index (κ1) is 20.1. The number of carbonyl (C=O) groups is 2. The third-order valence-corrected chi connectivity index (χ3v) is 6.34. The summed E-state index contributed by atoms with van der Waals surface area (Å²) in [6, 6.07) is 18.2. The number of rotatable bonds is 6. The highest BCUT2D eigenvalue weighted by molar-refractivity contribution is 9.10. The SMILES string of the molecule is O=C1CC(c2cccc(Br)c2)C(=O)N1CCCN1CCN(c2ccccc2)CC1. The number of nitrogens with zero attached hydrogens (tertiary/aromatic N) is 3. The molecule has 29 heavy (non-hydrogen) atoms. The monoisotopic (exact) mass is 455 g/mol. The molecule has 0 aliphatic carbocycles. The van der Waals surface area contributed by atoms with Gasteiger partial charge in [0.25, 0.3) is 0 Å². The van der Waals surface area contributed by atoms with E-state index >= 15 is 0 Å². The Labute approximate surface area is 180 Å². The van der Waals surface area contributed by atoms with Crippen molar-refractivity contribution in [2.24, 2.45) is 0 Å². The molecule has 0 aromatic heterocycles. The van der Waals surface area contributed by atoms with Crippen LogP contribution in [-0.2, 0) is 9.59 Å². The second-order valence-electron chi connectivity index (χ2n) is 7.71. The number of carbonyl (C=O) groups excluding carboxylic acids is 2. The summed E-state index contributed by atoms with van der Waals surface area (Å²) in [5, 5.41) is 0.